The van der Waals surface area contributed by atoms with Gasteiger partial charge in [-0.25, -0.2) is 4.98 Å². The summed E-state index contributed by atoms with van der Waals surface area (Å²) in [6.45, 7) is 4.91. The molecule has 2 aromatic heterocycles. The summed E-state index contributed by atoms with van der Waals surface area (Å²) in [5.74, 6) is 0. The molecule has 0 aliphatic rings. The Morgan fingerprint density at radius 2 is 2.12 bits per heavy atom. The molecule has 0 aromatic carbocycles. The summed E-state index contributed by atoms with van der Waals surface area (Å²) in [4.78, 5) is 16.1. The summed E-state index contributed by atoms with van der Waals surface area (Å²) >= 11 is 0. The van der Waals surface area contributed by atoms with Gasteiger partial charge < -0.3 is 0 Å². The lowest BCUT2D eigenvalue weighted by Crippen LogP contribution is -2.20. The van der Waals surface area contributed by atoms with Crippen molar-refractivity contribution in [3.8, 4) is 0 Å². The van der Waals surface area contributed by atoms with Crippen LogP contribution < -0.4 is 5.56 Å². The lowest BCUT2D eigenvalue weighted by molar-refractivity contribution is 0.627. The maximum atomic E-state index is 11.8. The molecule has 0 amide bonds. The van der Waals surface area contributed by atoms with E-state index in [1.807, 2.05) is 19.1 Å². The van der Waals surface area contributed by atoms with Crippen LogP contribution in [0.4, 0.5) is 0 Å². The molecule has 84 valence electrons. The highest BCUT2D eigenvalue weighted by molar-refractivity contribution is 5.78. The summed E-state index contributed by atoms with van der Waals surface area (Å²) in [7, 11) is 0. The van der Waals surface area contributed by atoms with Crippen molar-refractivity contribution in [1.82, 2.24) is 9.55 Å². The Kier molecular flexibility index (Phi) is 3.04. The number of hydrogen-bond acceptors (Lipinski definition) is 2. The van der Waals surface area contributed by atoms with E-state index >= 15 is 0 Å². The van der Waals surface area contributed by atoms with Gasteiger partial charge in [0.1, 0.15) is 5.65 Å². The van der Waals surface area contributed by atoms with Gasteiger partial charge in [-0.2, -0.15) is 0 Å². The summed E-state index contributed by atoms with van der Waals surface area (Å²) in [5, 5.41) is 1.07. The molecular weight excluding hydrogens is 200 g/mol. The van der Waals surface area contributed by atoms with E-state index in [1.54, 1.807) is 16.8 Å². The molecule has 0 aliphatic carbocycles. The van der Waals surface area contributed by atoms with E-state index in [4.69, 9.17) is 0 Å². The highest BCUT2D eigenvalue weighted by Crippen LogP contribution is 2.13. The predicted molar refractivity (Wildman–Crippen MR) is 65.6 cm³/mol. The average Bonchev–Trinajstić information content (AvgIpc) is 2.28. The van der Waals surface area contributed by atoms with Gasteiger partial charge in [0, 0.05) is 24.2 Å². The predicted octanol–water partition coefficient (Wildman–Crippen LogP) is 2.51. The van der Waals surface area contributed by atoms with Gasteiger partial charge >= 0.3 is 0 Å². The first-order valence-corrected chi connectivity index (χ1v) is 5.69. The van der Waals surface area contributed by atoms with Gasteiger partial charge in [-0.1, -0.05) is 13.3 Å². The number of unbranched alkanes of at least 4 members (excludes halogenated alkanes) is 1. The van der Waals surface area contributed by atoms with E-state index in [0.29, 0.717) is 0 Å². The normalized spacial score (nSPS) is 10.9. The zero-order valence-corrected chi connectivity index (χ0v) is 9.73. The van der Waals surface area contributed by atoms with Crippen LogP contribution in [0, 0.1) is 6.92 Å². The number of hydrogen-bond donors (Lipinski definition) is 0. The number of aromatic nitrogens is 2. The molecule has 0 unspecified atom stereocenters. The minimum absolute atomic E-state index is 0.0408. The summed E-state index contributed by atoms with van der Waals surface area (Å²) in [6, 6.07) is 5.46. The van der Waals surface area contributed by atoms with Gasteiger partial charge in [-0.15, -0.1) is 0 Å². The van der Waals surface area contributed by atoms with Crippen molar-refractivity contribution in [2.75, 3.05) is 0 Å². The Labute approximate surface area is 94.7 Å². The van der Waals surface area contributed by atoms with Crippen molar-refractivity contribution < 1.29 is 0 Å². The third kappa shape index (κ3) is 1.85. The second-order valence-corrected chi connectivity index (χ2v) is 4.04. The third-order valence-electron chi connectivity index (χ3n) is 2.84. The number of aryl methyl sites for hydroxylation is 2. The van der Waals surface area contributed by atoms with E-state index in [2.05, 4.69) is 11.9 Å². The molecule has 16 heavy (non-hydrogen) atoms. The first-order chi connectivity index (χ1) is 7.74. The number of nitrogens with zero attached hydrogens (tertiary/aromatic N) is 2. The first kappa shape index (κ1) is 10.9. The Morgan fingerprint density at radius 3 is 2.88 bits per heavy atom. The van der Waals surface area contributed by atoms with Gasteiger partial charge in [0.05, 0.1) is 0 Å². The minimum atomic E-state index is 0.0408. The maximum absolute atomic E-state index is 11.8. The molecule has 0 saturated heterocycles. The van der Waals surface area contributed by atoms with E-state index in [0.717, 1.165) is 36.0 Å². The molecule has 0 spiro atoms. The van der Waals surface area contributed by atoms with Crippen molar-refractivity contribution in [2.24, 2.45) is 0 Å². The molecule has 0 radical (unpaired) electrons. The highest BCUT2D eigenvalue weighted by Gasteiger charge is 2.04. The van der Waals surface area contributed by atoms with Crippen LogP contribution in [0.1, 0.15) is 25.3 Å². The monoisotopic (exact) mass is 216 g/mol. The van der Waals surface area contributed by atoms with Gasteiger partial charge in [0.2, 0.25) is 0 Å². The largest absolute Gasteiger partial charge is 0.293 e. The maximum Gasteiger partial charge on any atom is 0.252 e. The molecule has 2 aromatic rings. The lowest BCUT2D eigenvalue weighted by atomic mass is 10.2. The molecule has 3 nitrogen and oxygen atoms in total. The number of rotatable bonds is 3. The zero-order valence-electron chi connectivity index (χ0n) is 9.73. The molecule has 3 heteroatoms. The molecule has 0 fully saturated rings. The Bertz CT molecular complexity index is 557. The zero-order chi connectivity index (χ0) is 11.5. The smallest absolute Gasteiger partial charge is 0.252 e. The molecular formula is C13H16N2O. The van der Waals surface area contributed by atoms with Crippen molar-refractivity contribution in [1.29, 1.82) is 0 Å². The molecule has 0 atom stereocenters. The fraction of sp³-hybridized carbons (Fsp3) is 0.385. The Hall–Kier alpha value is -1.64. The SMILES string of the molecule is CCCCn1c(=O)ccc2c(C)ccnc21. The van der Waals surface area contributed by atoms with E-state index in [9.17, 15) is 4.79 Å². The molecule has 0 bridgehead atoms. The second-order valence-electron chi connectivity index (χ2n) is 4.04. The lowest BCUT2D eigenvalue weighted by Gasteiger charge is -2.09. The van der Waals surface area contributed by atoms with Gasteiger partial charge in [-0.3, -0.25) is 9.36 Å². The van der Waals surface area contributed by atoms with Crippen molar-refractivity contribution >= 4 is 11.0 Å². The van der Waals surface area contributed by atoms with Gasteiger partial charge in [0.25, 0.3) is 5.56 Å². The molecule has 0 saturated carbocycles. The minimum Gasteiger partial charge on any atom is -0.293 e. The number of fused-ring (bicyclic) bond motifs is 1. The molecule has 0 aliphatic heterocycles. The highest BCUT2D eigenvalue weighted by atomic mass is 16.1. The standard InChI is InChI=1S/C13H16N2O/c1-3-4-9-15-12(16)6-5-11-10(2)7-8-14-13(11)15/h5-8H,3-4,9H2,1-2H3. The number of pyridine rings is 2. The fourth-order valence-electron chi connectivity index (χ4n) is 1.86. The van der Waals surface area contributed by atoms with Crippen molar-refractivity contribution in [3.63, 3.8) is 0 Å². The van der Waals surface area contributed by atoms with Crippen LogP contribution in [-0.4, -0.2) is 9.55 Å². The van der Waals surface area contributed by atoms with Gasteiger partial charge in [-0.05, 0) is 31.0 Å². The third-order valence-corrected chi connectivity index (χ3v) is 2.84. The topological polar surface area (TPSA) is 34.9 Å². The van der Waals surface area contributed by atoms with Gasteiger partial charge in [0.15, 0.2) is 0 Å². The molecule has 2 heterocycles. The van der Waals surface area contributed by atoms with Crippen LogP contribution >= 0.6 is 0 Å². The van der Waals surface area contributed by atoms with Crippen LogP contribution in [0.15, 0.2) is 29.2 Å². The first-order valence-electron chi connectivity index (χ1n) is 5.69. The Balaban J connectivity index is 2.65. The molecule has 2 rings (SSSR count). The van der Waals surface area contributed by atoms with Crippen LogP contribution in [0.25, 0.3) is 11.0 Å². The summed E-state index contributed by atoms with van der Waals surface area (Å²) in [6.07, 6.45) is 3.85. The molecule has 0 N–H and O–H groups in total. The van der Waals surface area contributed by atoms with Crippen LogP contribution in [-0.2, 0) is 6.54 Å². The van der Waals surface area contributed by atoms with Crippen molar-refractivity contribution in [3.05, 3.63) is 40.3 Å². The second kappa shape index (κ2) is 4.47. The van der Waals surface area contributed by atoms with Crippen molar-refractivity contribution in [2.45, 2.75) is 33.2 Å². The quantitative estimate of drug-likeness (QED) is 0.790. The van der Waals surface area contributed by atoms with Crippen LogP contribution in [0.5, 0.6) is 0 Å². The van der Waals surface area contributed by atoms with E-state index in [-0.39, 0.29) is 5.56 Å². The van der Waals surface area contributed by atoms with E-state index in [1.165, 1.54) is 0 Å². The summed E-state index contributed by atoms with van der Waals surface area (Å²) in [5.41, 5.74) is 2.01. The van der Waals surface area contributed by atoms with E-state index < -0.39 is 0 Å². The Morgan fingerprint density at radius 1 is 1.31 bits per heavy atom. The fourth-order valence-corrected chi connectivity index (χ4v) is 1.86. The van der Waals surface area contributed by atoms with Crippen LogP contribution in [0.2, 0.25) is 0 Å². The summed E-state index contributed by atoms with van der Waals surface area (Å²) < 4.78 is 1.77. The van der Waals surface area contributed by atoms with Crippen LogP contribution in [0.3, 0.4) is 0 Å². The average molecular weight is 216 g/mol.